The van der Waals surface area contributed by atoms with Crippen LogP contribution in [0.5, 0.6) is 0 Å². The van der Waals surface area contributed by atoms with Crippen molar-refractivity contribution in [1.82, 2.24) is 10.6 Å². The first-order valence-electron chi connectivity index (χ1n) is 7.77. The third-order valence-electron chi connectivity index (χ3n) is 4.01. The molecule has 1 amide bonds. The first kappa shape index (κ1) is 14.1. The van der Waals surface area contributed by atoms with Crippen LogP contribution in [0.4, 0.5) is 0 Å². The molecular formula is C18H22N2O. The standard InChI is InChI=1S/C18H22N2O/c21-18(13-19-12-14-8-9-14)20-11-10-16-6-3-5-15-4-1-2-7-17(15)16/h1-7,14,19H,8-13H2,(H,20,21). The van der Waals surface area contributed by atoms with E-state index < -0.39 is 0 Å². The van der Waals surface area contributed by atoms with Crippen molar-refractivity contribution in [3.63, 3.8) is 0 Å². The van der Waals surface area contributed by atoms with Crippen molar-refractivity contribution in [3.05, 3.63) is 48.0 Å². The van der Waals surface area contributed by atoms with Crippen LogP contribution in [0.3, 0.4) is 0 Å². The van der Waals surface area contributed by atoms with Crippen LogP contribution in [-0.2, 0) is 11.2 Å². The van der Waals surface area contributed by atoms with Gasteiger partial charge in [0.25, 0.3) is 0 Å². The number of fused-ring (bicyclic) bond motifs is 1. The van der Waals surface area contributed by atoms with E-state index in [4.69, 9.17) is 0 Å². The molecule has 2 N–H and O–H groups in total. The monoisotopic (exact) mass is 282 g/mol. The van der Waals surface area contributed by atoms with Gasteiger partial charge in [-0.1, -0.05) is 42.5 Å². The maximum absolute atomic E-state index is 11.7. The van der Waals surface area contributed by atoms with Crippen LogP contribution in [0.2, 0.25) is 0 Å². The Morgan fingerprint density at radius 1 is 1.10 bits per heavy atom. The van der Waals surface area contributed by atoms with Crippen LogP contribution < -0.4 is 10.6 Å². The lowest BCUT2D eigenvalue weighted by atomic mass is 10.0. The highest BCUT2D eigenvalue weighted by Gasteiger charge is 2.20. The molecule has 0 atom stereocenters. The maximum atomic E-state index is 11.7. The van der Waals surface area contributed by atoms with Gasteiger partial charge in [-0.25, -0.2) is 0 Å². The molecule has 3 rings (SSSR count). The number of hydrogen-bond donors (Lipinski definition) is 2. The Morgan fingerprint density at radius 2 is 1.90 bits per heavy atom. The largest absolute Gasteiger partial charge is 0.355 e. The average molecular weight is 282 g/mol. The summed E-state index contributed by atoms with van der Waals surface area (Å²) >= 11 is 0. The summed E-state index contributed by atoms with van der Waals surface area (Å²) in [5, 5.41) is 8.74. The molecule has 0 aromatic heterocycles. The van der Waals surface area contributed by atoms with E-state index in [0.29, 0.717) is 13.1 Å². The lowest BCUT2D eigenvalue weighted by Gasteiger charge is -2.08. The van der Waals surface area contributed by atoms with Gasteiger partial charge >= 0.3 is 0 Å². The van der Waals surface area contributed by atoms with Crippen molar-refractivity contribution >= 4 is 16.7 Å². The van der Waals surface area contributed by atoms with Crippen LogP contribution >= 0.6 is 0 Å². The van der Waals surface area contributed by atoms with Crippen LogP contribution in [0.25, 0.3) is 10.8 Å². The predicted molar refractivity (Wildman–Crippen MR) is 86.3 cm³/mol. The van der Waals surface area contributed by atoms with Crippen molar-refractivity contribution in [2.45, 2.75) is 19.3 Å². The fraction of sp³-hybridized carbons (Fsp3) is 0.389. The van der Waals surface area contributed by atoms with E-state index >= 15 is 0 Å². The van der Waals surface area contributed by atoms with E-state index in [1.54, 1.807) is 0 Å². The number of nitrogens with one attached hydrogen (secondary N) is 2. The van der Waals surface area contributed by atoms with Crippen LogP contribution in [0.15, 0.2) is 42.5 Å². The normalized spacial score (nSPS) is 14.3. The molecule has 1 aliphatic rings. The van der Waals surface area contributed by atoms with Gasteiger partial charge in [0.05, 0.1) is 6.54 Å². The molecule has 2 aromatic rings. The minimum atomic E-state index is 0.0934. The fourth-order valence-electron chi connectivity index (χ4n) is 2.62. The maximum Gasteiger partial charge on any atom is 0.233 e. The third kappa shape index (κ3) is 4.05. The topological polar surface area (TPSA) is 41.1 Å². The van der Waals surface area contributed by atoms with Gasteiger partial charge in [-0.2, -0.15) is 0 Å². The quantitative estimate of drug-likeness (QED) is 0.819. The van der Waals surface area contributed by atoms with Gasteiger partial charge in [-0.3, -0.25) is 4.79 Å². The zero-order valence-corrected chi connectivity index (χ0v) is 12.3. The highest BCUT2D eigenvalue weighted by Crippen LogP contribution is 2.27. The second kappa shape index (κ2) is 6.72. The zero-order valence-electron chi connectivity index (χ0n) is 12.3. The molecule has 0 saturated heterocycles. The fourth-order valence-corrected chi connectivity index (χ4v) is 2.62. The summed E-state index contributed by atoms with van der Waals surface area (Å²) in [7, 11) is 0. The molecule has 0 spiro atoms. The zero-order chi connectivity index (χ0) is 14.5. The van der Waals surface area contributed by atoms with E-state index in [0.717, 1.165) is 18.9 Å². The summed E-state index contributed by atoms with van der Waals surface area (Å²) in [5.41, 5.74) is 1.29. The van der Waals surface area contributed by atoms with Gasteiger partial charge in [0.15, 0.2) is 0 Å². The van der Waals surface area contributed by atoms with Crippen molar-refractivity contribution < 1.29 is 4.79 Å². The molecule has 2 aromatic carbocycles. The number of rotatable bonds is 7. The molecule has 3 heteroatoms. The van der Waals surface area contributed by atoms with Crippen molar-refractivity contribution in [1.29, 1.82) is 0 Å². The van der Waals surface area contributed by atoms with Gasteiger partial charge in [-0.15, -0.1) is 0 Å². The van der Waals surface area contributed by atoms with Gasteiger partial charge in [0.1, 0.15) is 0 Å². The Balaban J connectivity index is 1.46. The summed E-state index contributed by atoms with van der Waals surface area (Å²) in [6, 6.07) is 14.7. The summed E-state index contributed by atoms with van der Waals surface area (Å²) in [5.74, 6) is 0.907. The van der Waals surface area contributed by atoms with Gasteiger partial charge in [0.2, 0.25) is 5.91 Å². The van der Waals surface area contributed by atoms with E-state index in [1.807, 2.05) is 0 Å². The molecule has 0 aliphatic heterocycles. The van der Waals surface area contributed by atoms with Crippen molar-refractivity contribution in [2.24, 2.45) is 5.92 Å². The Kier molecular flexibility index (Phi) is 4.51. The molecule has 1 saturated carbocycles. The van der Waals surface area contributed by atoms with E-state index in [9.17, 15) is 4.79 Å². The van der Waals surface area contributed by atoms with Gasteiger partial charge in [-0.05, 0) is 48.1 Å². The van der Waals surface area contributed by atoms with E-state index in [-0.39, 0.29) is 5.91 Å². The first-order chi connectivity index (χ1) is 10.3. The molecule has 1 aliphatic carbocycles. The molecule has 0 unspecified atom stereocenters. The number of carbonyl (C=O) groups excluding carboxylic acids is 1. The lowest BCUT2D eigenvalue weighted by molar-refractivity contribution is -0.120. The first-order valence-corrected chi connectivity index (χ1v) is 7.77. The third-order valence-corrected chi connectivity index (χ3v) is 4.01. The molecule has 110 valence electrons. The number of benzene rings is 2. The number of hydrogen-bond acceptors (Lipinski definition) is 2. The highest BCUT2D eigenvalue weighted by molar-refractivity contribution is 5.85. The van der Waals surface area contributed by atoms with E-state index in [1.165, 1.54) is 29.2 Å². The Hall–Kier alpha value is -1.87. The SMILES string of the molecule is O=C(CNCC1CC1)NCCc1cccc2ccccc12. The lowest BCUT2D eigenvalue weighted by Crippen LogP contribution is -2.35. The minimum absolute atomic E-state index is 0.0934. The summed E-state index contributed by atoms with van der Waals surface area (Å²) in [6.07, 6.45) is 3.50. The Bertz CT molecular complexity index is 614. The minimum Gasteiger partial charge on any atom is -0.355 e. The second-order valence-electron chi connectivity index (χ2n) is 5.81. The molecular weight excluding hydrogens is 260 g/mol. The molecule has 21 heavy (non-hydrogen) atoms. The molecule has 0 radical (unpaired) electrons. The number of amides is 1. The van der Waals surface area contributed by atoms with Crippen LogP contribution in [0.1, 0.15) is 18.4 Å². The molecule has 3 nitrogen and oxygen atoms in total. The summed E-state index contributed by atoms with van der Waals surface area (Å²) < 4.78 is 0. The van der Waals surface area contributed by atoms with Crippen molar-refractivity contribution in [3.8, 4) is 0 Å². The summed E-state index contributed by atoms with van der Waals surface area (Å²) in [4.78, 5) is 11.7. The Morgan fingerprint density at radius 3 is 2.76 bits per heavy atom. The van der Waals surface area contributed by atoms with Gasteiger partial charge in [0, 0.05) is 6.54 Å². The summed E-state index contributed by atoms with van der Waals surface area (Å²) in [6.45, 7) is 2.11. The second-order valence-corrected chi connectivity index (χ2v) is 5.81. The number of carbonyl (C=O) groups is 1. The average Bonchev–Trinajstić information content (AvgIpc) is 3.32. The predicted octanol–water partition coefficient (Wildman–Crippen LogP) is 2.50. The van der Waals surface area contributed by atoms with Crippen LogP contribution in [0, 0.1) is 5.92 Å². The van der Waals surface area contributed by atoms with E-state index in [2.05, 4.69) is 53.1 Å². The molecule has 0 bridgehead atoms. The smallest absolute Gasteiger partial charge is 0.233 e. The molecule has 0 heterocycles. The van der Waals surface area contributed by atoms with Crippen molar-refractivity contribution in [2.75, 3.05) is 19.6 Å². The van der Waals surface area contributed by atoms with Gasteiger partial charge < -0.3 is 10.6 Å². The van der Waals surface area contributed by atoms with Crippen LogP contribution in [-0.4, -0.2) is 25.5 Å². The Labute approximate surface area is 125 Å². The molecule has 1 fully saturated rings. The highest BCUT2D eigenvalue weighted by atomic mass is 16.1.